The zero-order valence-electron chi connectivity index (χ0n) is 12.6. The lowest BCUT2D eigenvalue weighted by Crippen LogP contribution is -2.53. The molecule has 21 heavy (non-hydrogen) atoms. The van der Waals surface area contributed by atoms with E-state index >= 15 is 0 Å². The summed E-state index contributed by atoms with van der Waals surface area (Å²) in [6.07, 6.45) is 1.59. The molecule has 1 aromatic rings. The van der Waals surface area contributed by atoms with Crippen LogP contribution in [0.4, 0.5) is 4.39 Å². The molecule has 1 fully saturated rings. The Bertz CT molecular complexity index is 488. The normalized spacial score (nSPS) is 18.3. The minimum atomic E-state index is -0.908. The number of halogens is 1. The number of rotatable bonds is 4. The van der Waals surface area contributed by atoms with Crippen LogP contribution >= 0.6 is 0 Å². The van der Waals surface area contributed by atoms with Gasteiger partial charge in [-0.3, -0.25) is 4.79 Å². The lowest BCUT2D eigenvalue weighted by molar-refractivity contribution is -0.125. The van der Waals surface area contributed by atoms with E-state index in [4.69, 9.17) is 10.5 Å². The topological polar surface area (TPSA) is 64.4 Å². The molecular weight excluding hydrogens is 271 g/mol. The molecule has 0 spiro atoms. The van der Waals surface area contributed by atoms with E-state index in [9.17, 15) is 9.18 Å². The second kappa shape index (κ2) is 6.12. The molecule has 0 saturated carbocycles. The fourth-order valence-corrected chi connectivity index (χ4v) is 2.61. The lowest BCUT2D eigenvalue weighted by Gasteiger charge is -2.38. The average molecular weight is 294 g/mol. The molecule has 1 aromatic carbocycles. The molecule has 0 atom stereocenters. The minimum Gasteiger partial charge on any atom is -0.381 e. The fourth-order valence-electron chi connectivity index (χ4n) is 2.61. The van der Waals surface area contributed by atoms with Crippen molar-refractivity contribution >= 4 is 5.91 Å². The Morgan fingerprint density at radius 2 is 1.90 bits per heavy atom. The molecule has 3 N–H and O–H groups in total. The third-order valence-electron chi connectivity index (χ3n) is 4.08. The first-order chi connectivity index (χ1) is 9.83. The minimum absolute atomic E-state index is 0.185. The van der Waals surface area contributed by atoms with Gasteiger partial charge >= 0.3 is 0 Å². The summed E-state index contributed by atoms with van der Waals surface area (Å²) in [5.41, 5.74) is 5.72. The maximum Gasteiger partial charge on any atom is 0.239 e. The monoisotopic (exact) mass is 294 g/mol. The van der Waals surface area contributed by atoms with Gasteiger partial charge in [-0.05, 0) is 44.4 Å². The molecule has 116 valence electrons. The van der Waals surface area contributed by atoms with Crippen LogP contribution in [0, 0.1) is 5.82 Å². The number of ether oxygens (including phenoxy) is 1. The summed E-state index contributed by atoms with van der Waals surface area (Å²) in [7, 11) is 0. The molecule has 2 rings (SSSR count). The highest BCUT2D eigenvalue weighted by atomic mass is 19.1. The van der Waals surface area contributed by atoms with E-state index in [1.54, 1.807) is 26.0 Å². The van der Waals surface area contributed by atoms with Crippen LogP contribution in [0.3, 0.4) is 0 Å². The van der Waals surface area contributed by atoms with Crippen molar-refractivity contribution in [3.05, 3.63) is 35.6 Å². The van der Waals surface area contributed by atoms with Crippen molar-refractivity contribution in [2.75, 3.05) is 19.8 Å². The first kappa shape index (κ1) is 15.9. The van der Waals surface area contributed by atoms with Gasteiger partial charge in [0.2, 0.25) is 5.91 Å². The number of nitrogens with two attached hydrogens (primary N) is 1. The van der Waals surface area contributed by atoms with Gasteiger partial charge in [-0.25, -0.2) is 4.39 Å². The molecule has 5 heteroatoms. The highest BCUT2D eigenvalue weighted by Crippen LogP contribution is 2.34. The van der Waals surface area contributed by atoms with Crippen LogP contribution in [0.1, 0.15) is 32.3 Å². The van der Waals surface area contributed by atoms with Crippen LogP contribution in [-0.4, -0.2) is 31.2 Å². The van der Waals surface area contributed by atoms with Crippen LogP contribution in [0.15, 0.2) is 24.3 Å². The van der Waals surface area contributed by atoms with Crippen LogP contribution in [0.5, 0.6) is 0 Å². The quantitative estimate of drug-likeness (QED) is 0.889. The summed E-state index contributed by atoms with van der Waals surface area (Å²) in [6, 6.07) is 6.50. The summed E-state index contributed by atoms with van der Waals surface area (Å²) in [6.45, 7) is 5.12. The van der Waals surface area contributed by atoms with Gasteiger partial charge in [0.05, 0.1) is 5.54 Å². The van der Waals surface area contributed by atoms with Gasteiger partial charge in [0, 0.05) is 25.2 Å². The van der Waals surface area contributed by atoms with Gasteiger partial charge in [0.1, 0.15) is 5.82 Å². The van der Waals surface area contributed by atoms with E-state index in [2.05, 4.69) is 5.32 Å². The first-order valence-corrected chi connectivity index (χ1v) is 7.24. The molecule has 0 aliphatic carbocycles. The van der Waals surface area contributed by atoms with Crippen molar-refractivity contribution < 1.29 is 13.9 Å². The van der Waals surface area contributed by atoms with Crippen LogP contribution < -0.4 is 11.1 Å². The molecule has 1 heterocycles. The summed E-state index contributed by atoms with van der Waals surface area (Å²) in [4.78, 5) is 12.0. The first-order valence-electron chi connectivity index (χ1n) is 7.24. The van der Waals surface area contributed by atoms with Crippen molar-refractivity contribution in [3.8, 4) is 0 Å². The number of carbonyl (C=O) groups excluding carboxylic acids is 1. The van der Waals surface area contributed by atoms with E-state index in [-0.39, 0.29) is 17.1 Å². The molecular formula is C16H23FN2O2. The van der Waals surface area contributed by atoms with Gasteiger partial charge in [0.25, 0.3) is 0 Å². The number of hydrogen-bond donors (Lipinski definition) is 2. The average Bonchev–Trinajstić information content (AvgIpc) is 2.45. The number of carbonyl (C=O) groups is 1. The van der Waals surface area contributed by atoms with E-state index < -0.39 is 5.54 Å². The Balaban J connectivity index is 2.17. The molecule has 0 aromatic heterocycles. The van der Waals surface area contributed by atoms with Gasteiger partial charge in [-0.2, -0.15) is 0 Å². The largest absolute Gasteiger partial charge is 0.381 e. The molecule has 0 radical (unpaired) electrons. The van der Waals surface area contributed by atoms with Crippen molar-refractivity contribution in [1.82, 2.24) is 5.32 Å². The van der Waals surface area contributed by atoms with Crippen molar-refractivity contribution in [2.24, 2.45) is 5.73 Å². The summed E-state index contributed by atoms with van der Waals surface area (Å²) in [5.74, 6) is -0.441. The second-order valence-electron chi connectivity index (χ2n) is 6.30. The van der Waals surface area contributed by atoms with E-state index in [0.29, 0.717) is 19.8 Å². The third-order valence-corrected chi connectivity index (χ3v) is 4.08. The third kappa shape index (κ3) is 3.80. The molecule has 0 bridgehead atoms. The summed E-state index contributed by atoms with van der Waals surface area (Å²) in [5, 5.41) is 2.93. The van der Waals surface area contributed by atoms with E-state index in [1.165, 1.54) is 12.1 Å². The van der Waals surface area contributed by atoms with E-state index in [1.807, 2.05) is 0 Å². The number of amides is 1. The maximum atomic E-state index is 13.1. The summed E-state index contributed by atoms with van der Waals surface area (Å²) >= 11 is 0. The molecule has 1 aliphatic heterocycles. The lowest BCUT2D eigenvalue weighted by atomic mass is 9.74. The Hall–Kier alpha value is -1.46. The molecule has 4 nitrogen and oxygen atoms in total. The van der Waals surface area contributed by atoms with Crippen LogP contribution in [0.2, 0.25) is 0 Å². The maximum absolute atomic E-state index is 13.1. The number of nitrogens with one attached hydrogen (secondary N) is 1. The van der Waals surface area contributed by atoms with Crippen molar-refractivity contribution in [3.63, 3.8) is 0 Å². The fraction of sp³-hybridized carbons (Fsp3) is 0.562. The standard InChI is InChI=1S/C16H23FN2O2/c1-15(2,18)14(20)19-11-16(7-9-21-10-8-16)12-3-5-13(17)6-4-12/h3-6H,7-11,18H2,1-2H3,(H,19,20). The molecule has 1 saturated heterocycles. The zero-order chi connectivity index (χ0) is 15.5. The Morgan fingerprint density at radius 1 is 1.33 bits per heavy atom. The van der Waals surface area contributed by atoms with Gasteiger partial charge in [0.15, 0.2) is 0 Å². The Morgan fingerprint density at radius 3 is 2.43 bits per heavy atom. The zero-order valence-corrected chi connectivity index (χ0v) is 12.6. The molecule has 0 unspecified atom stereocenters. The van der Waals surface area contributed by atoms with Crippen molar-refractivity contribution in [1.29, 1.82) is 0 Å². The Kier molecular flexibility index (Phi) is 4.64. The predicted molar refractivity (Wildman–Crippen MR) is 79.4 cm³/mol. The second-order valence-corrected chi connectivity index (χ2v) is 6.30. The highest BCUT2D eigenvalue weighted by Gasteiger charge is 2.36. The van der Waals surface area contributed by atoms with Gasteiger partial charge < -0.3 is 15.8 Å². The van der Waals surface area contributed by atoms with E-state index in [0.717, 1.165) is 18.4 Å². The van der Waals surface area contributed by atoms with Crippen molar-refractivity contribution in [2.45, 2.75) is 37.6 Å². The SMILES string of the molecule is CC(C)(N)C(=O)NCC1(c2ccc(F)cc2)CCOCC1. The number of hydrogen-bond acceptors (Lipinski definition) is 3. The highest BCUT2D eigenvalue weighted by molar-refractivity contribution is 5.85. The molecule has 1 amide bonds. The van der Waals surface area contributed by atoms with Crippen LogP contribution in [-0.2, 0) is 14.9 Å². The van der Waals surface area contributed by atoms with Crippen LogP contribution in [0.25, 0.3) is 0 Å². The summed E-state index contributed by atoms with van der Waals surface area (Å²) < 4.78 is 18.6. The Labute approximate surface area is 124 Å². The number of benzene rings is 1. The van der Waals surface area contributed by atoms with Gasteiger partial charge in [-0.1, -0.05) is 12.1 Å². The van der Waals surface area contributed by atoms with Gasteiger partial charge in [-0.15, -0.1) is 0 Å². The molecule has 1 aliphatic rings. The smallest absolute Gasteiger partial charge is 0.239 e. The predicted octanol–water partition coefficient (Wildman–Crippen LogP) is 1.73.